The lowest BCUT2D eigenvalue weighted by Gasteiger charge is -2.09. The number of imide groups is 2. The van der Waals surface area contributed by atoms with Gasteiger partial charge in [-0.2, -0.15) is 0 Å². The van der Waals surface area contributed by atoms with Crippen molar-refractivity contribution >= 4 is 58.3 Å². The minimum Gasteiger partial charge on any atom is -0.373 e. The summed E-state index contributed by atoms with van der Waals surface area (Å²) in [6.45, 7) is 0. The molecule has 5 aromatic carbocycles. The molecule has 250 valence electrons. The monoisotopic (exact) mass is 666 g/mol. The number of amidine groups is 2. The van der Waals surface area contributed by atoms with E-state index in [-0.39, 0.29) is 11.1 Å². The fourth-order valence-electron chi connectivity index (χ4n) is 4.67. The van der Waals surface area contributed by atoms with Crippen molar-refractivity contribution in [2.45, 2.75) is 0 Å². The molecule has 0 bridgehead atoms. The number of hydrogen-bond acceptors (Lipinski definition) is 6. The Morgan fingerprint density at radius 1 is 0.420 bits per heavy atom. The normalized spacial score (nSPS) is 11.2. The standard InChI is InChI=1S/C38H34N8O4/c1-39-33(25-9-5-3-6-10-25)41-29-17-21-31(22-18-29)43-37(49)45-35(47)27-13-15-28(16-14-27)36(48)46-38(50)44-32-23-19-30(20-24-32)42-34(40-2)26-11-7-4-8-12-26/h3-24H,1-2H3,(H,39,41)(H,40,42)(H2,43,45,47,49)(H2,44,46,48,50). The van der Waals surface area contributed by atoms with E-state index in [2.05, 4.69) is 41.9 Å². The Hall–Kier alpha value is -7.08. The molecule has 0 saturated carbocycles. The zero-order chi connectivity index (χ0) is 35.3. The van der Waals surface area contributed by atoms with Crippen molar-refractivity contribution in [1.29, 1.82) is 0 Å². The fraction of sp³-hybridized carbons (Fsp3) is 0.0526. The Bertz CT molecular complexity index is 1860. The van der Waals surface area contributed by atoms with Gasteiger partial charge in [0.2, 0.25) is 0 Å². The predicted molar refractivity (Wildman–Crippen MR) is 196 cm³/mol. The maximum atomic E-state index is 12.7. The maximum absolute atomic E-state index is 12.7. The fourth-order valence-corrected chi connectivity index (χ4v) is 4.67. The summed E-state index contributed by atoms with van der Waals surface area (Å²) in [6.07, 6.45) is 0. The number of nitrogens with one attached hydrogen (secondary N) is 6. The first kappa shape index (κ1) is 34.3. The molecule has 6 amide bonds. The minimum absolute atomic E-state index is 0.141. The molecule has 12 nitrogen and oxygen atoms in total. The Morgan fingerprint density at radius 2 is 0.760 bits per heavy atom. The number of carbonyl (C=O) groups is 4. The number of nitrogens with zero attached hydrogens (tertiary/aromatic N) is 2. The average molecular weight is 667 g/mol. The molecule has 0 unspecified atom stereocenters. The highest BCUT2D eigenvalue weighted by atomic mass is 16.2. The van der Waals surface area contributed by atoms with Gasteiger partial charge in [0.15, 0.2) is 0 Å². The number of anilines is 2. The van der Waals surface area contributed by atoms with Gasteiger partial charge >= 0.3 is 12.1 Å². The summed E-state index contributed by atoms with van der Waals surface area (Å²) < 4.78 is 0. The third-order valence-electron chi connectivity index (χ3n) is 7.16. The van der Waals surface area contributed by atoms with Crippen LogP contribution in [0.1, 0.15) is 31.8 Å². The van der Waals surface area contributed by atoms with Crippen LogP contribution in [0.4, 0.5) is 32.3 Å². The largest absolute Gasteiger partial charge is 0.373 e. The zero-order valence-electron chi connectivity index (χ0n) is 27.2. The summed E-state index contributed by atoms with van der Waals surface area (Å²) >= 11 is 0. The Balaban J connectivity index is 1.09. The van der Waals surface area contributed by atoms with Crippen molar-refractivity contribution < 1.29 is 19.2 Å². The van der Waals surface area contributed by atoms with E-state index in [9.17, 15) is 19.2 Å². The molecular weight excluding hydrogens is 632 g/mol. The second kappa shape index (κ2) is 16.7. The summed E-state index contributed by atoms with van der Waals surface area (Å²) in [5, 5.41) is 15.9. The van der Waals surface area contributed by atoms with Crippen molar-refractivity contribution in [3.8, 4) is 0 Å². The number of rotatable bonds is 8. The molecule has 0 aliphatic heterocycles. The van der Waals surface area contributed by atoms with E-state index >= 15 is 0 Å². The number of benzene rings is 5. The second-order valence-electron chi connectivity index (χ2n) is 10.6. The summed E-state index contributed by atoms with van der Waals surface area (Å²) in [4.78, 5) is 59.4. The molecule has 5 rings (SSSR count). The van der Waals surface area contributed by atoms with Crippen LogP contribution in [0.3, 0.4) is 0 Å². The summed E-state index contributed by atoms with van der Waals surface area (Å²) in [7, 11) is 3.58. The average Bonchev–Trinajstić information content (AvgIpc) is 3.14. The second-order valence-corrected chi connectivity index (χ2v) is 10.6. The van der Waals surface area contributed by atoms with E-state index in [0.717, 1.165) is 11.1 Å². The van der Waals surface area contributed by atoms with E-state index in [4.69, 9.17) is 0 Å². The first-order valence-electron chi connectivity index (χ1n) is 15.5. The van der Waals surface area contributed by atoms with Crippen molar-refractivity contribution in [3.63, 3.8) is 0 Å². The quantitative estimate of drug-likeness (QED) is 0.0852. The first-order chi connectivity index (χ1) is 24.3. The van der Waals surface area contributed by atoms with Gasteiger partial charge in [0.25, 0.3) is 11.8 Å². The van der Waals surface area contributed by atoms with Gasteiger partial charge in [-0.25, -0.2) is 19.6 Å². The molecule has 50 heavy (non-hydrogen) atoms. The van der Waals surface area contributed by atoms with Crippen LogP contribution in [-0.2, 0) is 0 Å². The van der Waals surface area contributed by atoms with Crippen LogP contribution < -0.4 is 31.9 Å². The lowest BCUT2D eigenvalue weighted by molar-refractivity contribution is 0.0953. The Morgan fingerprint density at radius 3 is 1.08 bits per heavy atom. The number of aliphatic imine (C=N–C) groups is 2. The van der Waals surface area contributed by atoms with E-state index in [1.54, 1.807) is 62.6 Å². The zero-order valence-corrected chi connectivity index (χ0v) is 27.2. The van der Waals surface area contributed by atoms with Gasteiger partial charge in [0.05, 0.1) is 11.4 Å². The lowest BCUT2D eigenvalue weighted by atomic mass is 10.1. The van der Waals surface area contributed by atoms with Crippen molar-refractivity contribution in [2.75, 3.05) is 24.7 Å². The van der Waals surface area contributed by atoms with E-state index in [1.807, 2.05) is 60.7 Å². The van der Waals surface area contributed by atoms with Gasteiger partial charge in [-0.15, -0.1) is 0 Å². The van der Waals surface area contributed by atoms with Crippen molar-refractivity contribution in [1.82, 2.24) is 21.3 Å². The van der Waals surface area contributed by atoms with Gasteiger partial charge in [0.1, 0.15) is 11.7 Å². The molecule has 0 saturated heterocycles. The molecule has 0 aromatic heterocycles. The van der Waals surface area contributed by atoms with Gasteiger partial charge in [-0.3, -0.25) is 20.2 Å². The molecule has 12 heteroatoms. The van der Waals surface area contributed by atoms with Crippen LogP contribution in [0.2, 0.25) is 0 Å². The number of amides is 6. The van der Waals surface area contributed by atoms with Crippen LogP contribution in [0.15, 0.2) is 143 Å². The molecular formula is C38H34N8O4. The molecule has 0 aliphatic carbocycles. The van der Waals surface area contributed by atoms with Crippen LogP contribution in [-0.4, -0.2) is 49.6 Å². The van der Waals surface area contributed by atoms with Crippen molar-refractivity contribution in [2.24, 2.45) is 9.98 Å². The smallest absolute Gasteiger partial charge is 0.326 e. The third-order valence-corrected chi connectivity index (χ3v) is 7.16. The molecule has 0 aliphatic rings. The van der Waals surface area contributed by atoms with Crippen LogP contribution >= 0.6 is 0 Å². The van der Waals surface area contributed by atoms with Gasteiger partial charge < -0.3 is 21.3 Å². The summed E-state index contributed by atoms with van der Waals surface area (Å²) in [5.41, 5.74) is 4.41. The first-order valence-corrected chi connectivity index (χ1v) is 15.5. The summed E-state index contributed by atoms with van der Waals surface area (Å²) in [6, 6.07) is 37.0. The molecule has 0 radical (unpaired) electrons. The number of urea groups is 2. The Labute approximate surface area is 288 Å². The van der Waals surface area contributed by atoms with Gasteiger partial charge in [-0.1, -0.05) is 60.7 Å². The highest BCUT2D eigenvalue weighted by Gasteiger charge is 2.14. The Kier molecular flexibility index (Phi) is 11.4. The maximum Gasteiger partial charge on any atom is 0.326 e. The predicted octanol–water partition coefficient (Wildman–Crippen LogP) is 6.21. The minimum atomic E-state index is -0.733. The number of hydrogen-bond donors (Lipinski definition) is 6. The molecule has 0 heterocycles. The molecule has 5 aromatic rings. The molecule has 0 fully saturated rings. The van der Waals surface area contributed by atoms with Crippen molar-refractivity contribution in [3.05, 3.63) is 156 Å². The highest BCUT2D eigenvalue weighted by Crippen LogP contribution is 2.19. The van der Waals surface area contributed by atoms with E-state index in [0.29, 0.717) is 34.4 Å². The van der Waals surface area contributed by atoms with Gasteiger partial charge in [0, 0.05) is 47.7 Å². The molecule has 0 spiro atoms. The SMILES string of the molecule is CNC(=Nc1ccc(NC(=O)NC(=O)c2ccc(C(=O)NC(=O)Nc3ccc(N=C(NC)c4ccccc4)cc3)cc2)cc1)c1ccccc1. The third kappa shape index (κ3) is 9.48. The number of carbonyl (C=O) groups excluding carboxylic acids is 4. The molecule has 6 N–H and O–H groups in total. The van der Waals surface area contributed by atoms with E-state index in [1.165, 1.54) is 24.3 Å². The highest BCUT2D eigenvalue weighted by molar-refractivity contribution is 6.10. The van der Waals surface area contributed by atoms with Crippen LogP contribution in [0, 0.1) is 0 Å². The van der Waals surface area contributed by atoms with Gasteiger partial charge in [-0.05, 0) is 72.8 Å². The van der Waals surface area contributed by atoms with Crippen LogP contribution in [0.5, 0.6) is 0 Å². The molecule has 0 atom stereocenters. The summed E-state index contributed by atoms with van der Waals surface area (Å²) in [5.74, 6) is 0.0379. The van der Waals surface area contributed by atoms with E-state index < -0.39 is 23.9 Å². The van der Waals surface area contributed by atoms with Crippen LogP contribution in [0.25, 0.3) is 0 Å². The topological polar surface area (TPSA) is 165 Å². The lowest BCUT2D eigenvalue weighted by Crippen LogP contribution is -2.35.